The van der Waals surface area contributed by atoms with Gasteiger partial charge in [0, 0.05) is 18.8 Å². The van der Waals surface area contributed by atoms with Gasteiger partial charge in [-0.15, -0.1) is 0 Å². The minimum atomic E-state index is -4.20. The Morgan fingerprint density at radius 2 is 0.839 bits per heavy atom. The Morgan fingerprint density at radius 3 is 1.19 bits per heavy atom. The number of anilines is 1. The minimum Gasteiger partial charge on any atom is -0.323 e. The Morgan fingerprint density at radius 1 is 0.500 bits per heavy atom. The van der Waals surface area contributed by atoms with Gasteiger partial charge in [0.15, 0.2) is 5.78 Å². The van der Waals surface area contributed by atoms with E-state index in [0.29, 0.717) is 5.69 Å². The predicted octanol–water partition coefficient (Wildman–Crippen LogP) is 12.3. The molecule has 0 aliphatic rings. The average Bonchev–Trinajstić information content (AvgIpc) is 3.26. The third-order valence-electron chi connectivity index (χ3n) is 11.6. The van der Waals surface area contributed by atoms with Gasteiger partial charge < -0.3 is 5.32 Å². The summed E-state index contributed by atoms with van der Waals surface area (Å²) in [7, 11) is -8.40. The van der Waals surface area contributed by atoms with Crippen LogP contribution in [0.15, 0.2) is 88.7 Å². The topological polar surface area (TPSA) is 139 Å². The number of carbonyl (C=O) groups is 2. The van der Waals surface area contributed by atoms with Crippen molar-refractivity contribution in [1.29, 1.82) is 0 Å². The van der Waals surface area contributed by atoms with Crippen molar-refractivity contribution in [3.8, 4) is 0 Å². The van der Waals surface area contributed by atoms with E-state index in [-0.39, 0.29) is 9.79 Å². The van der Waals surface area contributed by atoms with Crippen LogP contribution in [-0.4, -0.2) is 45.9 Å². The smallest absolute Gasteiger partial charge is 0.268 e. The third kappa shape index (κ3) is 19.1. The molecule has 0 spiro atoms. The molecule has 3 aromatic carbocycles. The quantitative estimate of drug-likeness (QED) is 0.0310. The number of sulfonamides is 2. The molecule has 0 aromatic heterocycles. The molecule has 0 radical (unpaired) electrons. The number of benzene rings is 3. The normalized spacial score (nSPS) is 12.4. The van der Waals surface area contributed by atoms with Crippen LogP contribution in [0.25, 0.3) is 0 Å². The van der Waals surface area contributed by atoms with E-state index in [1.54, 1.807) is 54.6 Å². The first-order valence-electron chi connectivity index (χ1n) is 23.1. The molecule has 13 heteroatoms. The molecule has 346 valence electrons. The molecule has 0 atom stereocenters. The van der Waals surface area contributed by atoms with E-state index in [9.17, 15) is 26.4 Å². The third-order valence-corrected chi connectivity index (χ3v) is 15.1. The molecule has 0 aliphatic carbocycles. The van der Waals surface area contributed by atoms with Gasteiger partial charge in [0.1, 0.15) is 0 Å². The average molecular weight is 935 g/mol. The molecule has 1 amide bonds. The van der Waals surface area contributed by atoms with Crippen LogP contribution in [0.5, 0.6) is 0 Å². The molecular formula is C49H73Cl2N3O6S2. The highest BCUT2D eigenvalue weighted by Crippen LogP contribution is 2.34. The summed E-state index contributed by atoms with van der Waals surface area (Å²) in [6.07, 6.45) is 26.3. The van der Waals surface area contributed by atoms with Crippen LogP contribution in [0.1, 0.15) is 160 Å². The number of halogens is 2. The molecule has 62 heavy (non-hydrogen) atoms. The maximum absolute atomic E-state index is 14.2. The molecule has 0 unspecified atom stereocenters. The molecule has 0 saturated carbocycles. The molecule has 3 aromatic rings. The highest BCUT2D eigenvalue weighted by molar-refractivity contribution is 7.89. The number of unbranched alkanes of at least 4 members (excludes halogenated alkanes) is 18. The zero-order chi connectivity index (χ0) is 45.3. The van der Waals surface area contributed by atoms with Crippen LogP contribution >= 0.6 is 23.2 Å². The van der Waals surface area contributed by atoms with Crippen LogP contribution in [0.4, 0.5) is 5.69 Å². The molecule has 0 heterocycles. The number of alkyl halides is 2. The van der Waals surface area contributed by atoms with E-state index >= 15 is 0 Å². The number of carbonyl (C=O) groups excluding carboxylic acids is 2. The summed E-state index contributed by atoms with van der Waals surface area (Å²) >= 11 is 13.0. The highest BCUT2D eigenvalue weighted by Gasteiger charge is 2.51. The van der Waals surface area contributed by atoms with Crippen molar-refractivity contribution in [3.05, 3.63) is 90.0 Å². The Balaban J connectivity index is 1.64. The summed E-state index contributed by atoms with van der Waals surface area (Å²) in [6, 6.07) is 21.4. The maximum Gasteiger partial charge on any atom is 0.268 e. The van der Waals surface area contributed by atoms with Crippen LogP contribution < -0.4 is 14.8 Å². The molecular weight excluding hydrogens is 862 g/mol. The number of para-hydroxylation sites is 1. The van der Waals surface area contributed by atoms with Gasteiger partial charge in [0.2, 0.25) is 20.0 Å². The van der Waals surface area contributed by atoms with Gasteiger partial charge in [0.05, 0.1) is 15.2 Å². The summed E-state index contributed by atoms with van der Waals surface area (Å²) in [6.45, 7) is 4.54. The summed E-state index contributed by atoms with van der Waals surface area (Å²) in [5.41, 5.74) is 0.432. The summed E-state index contributed by atoms with van der Waals surface area (Å²) in [5, 5.41) is 2.51. The van der Waals surface area contributed by atoms with Crippen molar-refractivity contribution in [2.75, 3.05) is 18.4 Å². The van der Waals surface area contributed by atoms with Crippen LogP contribution in [0.3, 0.4) is 0 Å². The second-order valence-corrected chi connectivity index (χ2v) is 21.9. The standard InChI is InChI=1S/C49H73Cl2N3O6S2/c1-4-6-8-10-12-14-16-18-20-23-27-41-31-35-44(36-32-41)61(57,58)52-39-48(3,46(55)49(50,51)47(56)54-43-29-25-22-26-30-43)40-53-62(59,60)45-37-33-42(34-38-45)28-24-21-19-17-15-13-11-9-7-5-2/h22,25-26,29-38,52-53H,4-21,23-24,27-28,39-40H2,1-3H3,(H,54,56). The van der Waals surface area contributed by atoms with E-state index in [1.165, 1.54) is 134 Å². The Labute approximate surface area is 384 Å². The van der Waals surface area contributed by atoms with E-state index < -0.39 is 54.6 Å². The van der Waals surface area contributed by atoms with Crippen LogP contribution in [0.2, 0.25) is 0 Å². The van der Waals surface area contributed by atoms with Crippen molar-refractivity contribution in [1.82, 2.24) is 9.44 Å². The lowest BCUT2D eigenvalue weighted by Gasteiger charge is -2.33. The van der Waals surface area contributed by atoms with Gasteiger partial charge in [0.25, 0.3) is 10.2 Å². The predicted molar refractivity (Wildman–Crippen MR) is 257 cm³/mol. The first kappa shape index (κ1) is 53.5. The van der Waals surface area contributed by atoms with Crippen LogP contribution in [-0.2, 0) is 42.5 Å². The van der Waals surface area contributed by atoms with Crippen molar-refractivity contribution >= 4 is 60.6 Å². The van der Waals surface area contributed by atoms with Crippen molar-refractivity contribution in [3.63, 3.8) is 0 Å². The fraction of sp³-hybridized carbons (Fsp3) is 0.592. The molecule has 0 saturated heterocycles. The second kappa shape index (κ2) is 28.2. The monoisotopic (exact) mass is 933 g/mol. The first-order valence-corrected chi connectivity index (χ1v) is 26.8. The number of rotatable bonds is 34. The molecule has 0 bridgehead atoms. The van der Waals surface area contributed by atoms with Crippen molar-refractivity contribution in [2.45, 2.75) is 176 Å². The Kier molecular flexibility index (Phi) is 24.3. The lowest BCUT2D eigenvalue weighted by atomic mass is 9.83. The Hall–Kier alpha value is -2.80. The lowest BCUT2D eigenvalue weighted by Crippen LogP contribution is -2.56. The van der Waals surface area contributed by atoms with Crippen molar-refractivity contribution < 1.29 is 26.4 Å². The number of ketones is 1. The summed E-state index contributed by atoms with van der Waals surface area (Å²) < 4.78 is 56.7. The van der Waals surface area contributed by atoms with Crippen LogP contribution in [0, 0.1) is 5.41 Å². The van der Waals surface area contributed by atoms with Gasteiger partial charge in [-0.05, 0) is 80.1 Å². The van der Waals surface area contributed by atoms with E-state index in [2.05, 4.69) is 28.6 Å². The van der Waals surface area contributed by atoms with Gasteiger partial charge in [-0.1, -0.05) is 195 Å². The van der Waals surface area contributed by atoms with Gasteiger partial charge in [-0.2, -0.15) is 0 Å². The zero-order valence-electron chi connectivity index (χ0n) is 37.5. The van der Waals surface area contributed by atoms with Gasteiger partial charge >= 0.3 is 0 Å². The number of nitrogens with one attached hydrogen (secondary N) is 3. The van der Waals surface area contributed by atoms with E-state index in [4.69, 9.17) is 23.2 Å². The molecule has 3 rings (SSSR count). The fourth-order valence-corrected chi connectivity index (χ4v) is 10.3. The number of amides is 1. The summed E-state index contributed by atoms with van der Waals surface area (Å²) in [5.74, 6) is -2.16. The Bertz CT molecular complexity index is 1860. The largest absolute Gasteiger partial charge is 0.323 e. The summed E-state index contributed by atoms with van der Waals surface area (Å²) in [4.78, 5) is 27.5. The molecule has 0 aliphatic heterocycles. The molecule has 9 nitrogen and oxygen atoms in total. The van der Waals surface area contributed by atoms with Crippen molar-refractivity contribution in [2.24, 2.45) is 5.41 Å². The second-order valence-electron chi connectivity index (χ2n) is 17.1. The van der Waals surface area contributed by atoms with Gasteiger partial charge in [-0.3, -0.25) is 9.59 Å². The molecule has 0 fully saturated rings. The SMILES string of the molecule is CCCCCCCCCCCCc1ccc(S(=O)(=O)NCC(C)(CNS(=O)(=O)c2ccc(CCCCCCCCCCCC)cc2)C(=O)C(Cl)(Cl)C(=O)Nc2ccccc2)cc1. The lowest BCUT2D eigenvalue weighted by molar-refractivity contribution is -0.132. The number of hydrogen-bond donors (Lipinski definition) is 3. The highest BCUT2D eigenvalue weighted by atomic mass is 35.5. The molecule has 3 N–H and O–H groups in total. The van der Waals surface area contributed by atoms with E-state index in [0.717, 1.165) is 49.7 Å². The van der Waals surface area contributed by atoms with Gasteiger partial charge in [-0.25, -0.2) is 26.3 Å². The van der Waals surface area contributed by atoms with E-state index in [1.807, 2.05) is 0 Å². The maximum atomic E-state index is 14.2. The zero-order valence-corrected chi connectivity index (χ0v) is 40.6. The number of hydrogen-bond acceptors (Lipinski definition) is 6. The fourth-order valence-electron chi connectivity index (χ4n) is 7.42. The first-order chi connectivity index (χ1) is 29.6. The number of aryl methyl sites for hydroxylation is 2. The minimum absolute atomic E-state index is 0.0255. The number of Topliss-reactive ketones (excluding diaryl/α,β-unsaturated/α-hetero) is 1.